The Morgan fingerprint density at radius 3 is 2.75 bits per heavy atom. The van der Waals surface area contributed by atoms with Crippen LogP contribution < -0.4 is 4.74 Å². The van der Waals surface area contributed by atoms with Gasteiger partial charge in [0, 0.05) is 31.5 Å². The van der Waals surface area contributed by atoms with E-state index in [1.54, 1.807) is 0 Å². The molecule has 2 aromatic rings. The van der Waals surface area contributed by atoms with E-state index < -0.39 is 22.1 Å². The lowest BCUT2D eigenvalue weighted by atomic mass is 10.2. The van der Waals surface area contributed by atoms with Crippen molar-refractivity contribution in [3.63, 3.8) is 0 Å². The molecular weight excluding hydrogens is 405 g/mol. The summed E-state index contributed by atoms with van der Waals surface area (Å²) in [6.45, 7) is 0.632. The molecule has 0 N–H and O–H groups in total. The second-order valence-corrected chi connectivity index (χ2v) is 8.09. The Morgan fingerprint density at radius 2 is 2.14 bits per heavy atom. The maximum atomic E-state index is 12.5. The van der Waals surface area contributed by atoms with E-state index in [1.165, 1.54) is 29.7 Å². The normalized spacial score (nSPS) is 18.5. The van der Waals surface area contributed by atoms with Gasteiger partial charge in [-0.3, -0.25) is 0 Å². The lowest BCUT2D eigenvalue weighted by molar-refractivity contribution is -0.159. The summed E-state index contributed by atoms with van der Waals surface area (Å²) in [5, 5.41) is 3.28. The van der Waals surface area contributed by atoms with Crippen molar-refractivity contribution >= 4 is 10.0 Å². The van der Waals surface area contributed by atoms with Crippen LogP contribution in [-0.4, -0.2) is 66.5 Å². The molecule has 1 atom stereocenters. The van der Waals surface area contributed by atoms with Crippen molar-refractivity contribution in [3.8, 4) is 17.3 Å². The fraction of sp³-hybridized carbons (Fsp3) is 0.533. The molecule has 0 aliphatic carbocycles. The number of nitrogens with zero attached hydrogens (tertiary/aromatic N) is 4. The maximum Gasteiger partial charge on any atom is 0.471 e. The molecule has 1 fully saturated rings. The number of aromatic nitrogens is 3. The van der Waals surface area contributed by atoms with Crippen LogP contribution in [-0.2, 0) is 20.9 Å². The first kappa shape index (κ1) is 20.5. The van der Waals surface area contributed by atoms with Gasteiger partial charge in [-0.15, -0.1) is 0 Å². The molecule has 9 nitrogen and oxygen atoms in total. The minimum absolute atomic E-state index is 0.103. The van der Waals surface area contributed by atoms with Crippen molar-refractivity contribution in [2.75, 3.05) is 32.6 Å². The van der Waals surface area contributed by atoms with Gasteiger partial charge in [0.25, 0.3) is 0 Å². The van der Waals surface area contributed by atoms with Crippen molar-refractivity contribution in [3.05, 3.63) is 24.2 Å². The smallest absolute Gasteiger partial charge is 0.471 e. The molecule has 0 amide bonds. The van der Waals surface area contributed by atoms with Crippen molar-refractivity contribution < 1.29 is 35.6 Å². The standard InChI is InChI=1S/C15H17F3N4O5S/c1-25-6-7-28(23,24)22-5-4-11(9-22)26-12-3-2-10(8-19-12)13-20-14(27-21-13)15(16,17)18/h2-3,8,11H,4-7,9H2,1H3/t11-/m1/s1. The average molecular weight is 422 g/mol. The third kappa shape index (κ3) is 4.77. The van der Waals surface area contributed by atoms with Gasteiger partial charge < -0.3 is 14.0 Å². The second kappa shape index (κ2) is 8.01. The fourth-order valence-corrected chi connectivity index (χ4v) is 3.99. The van der Waals surface area contributed by atoms with Crippen LogP contribution in [0.4, 0.5) is 13.2 Å². The summed E-state index contributed by atoms with van der Waals surface area (Å²) in [6.07, 6.45) is -3.35. The molecule has 3 heterocycles. The van der Waals surface area contributed by atoms with Crippen LogP contribution in [0.3, 0.4) is 0 Å². The van der Waals surface area contributed by atoms with Crippen LogP contribution in [0.15, 0.2) is 22.9 Å². The quantitative estimate of drug-likeness (QED) is 0.662. The molecule has 0 bridgehead atoms. The highest BCUT2D eigenvalue weighted by Gasteiger charge is 2.38. The van der Waals surface area contributed by atoms with E-state index in [2.05, 4.69) is 19.6 Å². The first-order chi connectivity index (χ1) is 13.2. The zero-order valence-electron chi connectivity index (χ0n) is 14.7. The summed E-state index contributed by atoms with van der Waals surface area (Å²) in [4.78, 5) is 7.29. The second-order valence-electron chi connectivity index (χ2n) is 6.00. The van der Waals surface area contributed by atoms with Crippen LogP contribution >= 0.6 is 0 Å². The molecule has 0 spiro atoms. The Labute approximate surface area is 158 Å². The minimum atomic E-state index is -4.72. The Hall–Kier alpha value is -2.25. The van der Waals surface area contributed by atoms with Gasteiger partial charge in [-0.05, 0) is 12.5 Å². The van der Waals surface area contributed by atoms with Crippen LogP contribution in [0.1, 0.15) is 12.3 Å². The van der Waals surface area contributed by atoms with Gasteiger partial charge in [0.15, 0.2) is 0 Å². The highest BCUT2D eigenvalue weighted by atomic mass is 32.2. The SMILES string of the molecule is COCCS(=O)(=O)N1CC[C@@H](Oc2ccc(-c3noc(C(F)(F)F)n3)cn2)C1. The molecular formula is C15H17F3N4O5S. The predicted molar refractivity (Wildman–Crippen MR) is 88.8 cm³/mol. The molecule has 28 heavy (non-hydrogen) atoms. The molecule has 1 aliphatic rings. The number of ether oxygens (including phenoxy) is 2. The van der Waals surface area contributed by atoms with E-state index in [-0.39, 0.29) is 42.3 Å². The van der Waals surface area contributed by atoms with E-state index >= 15 is 0 Å². The molecule has 0 aromatic carbocycles. The Morgan fingerprint density at radius 1 is 1.36 bits per heavy atom. The molecule has 13 heteroatoms. The number of methoxy groups -OCH3 is 1. The third-order valence-electron chi connectivity index (χ3n) is 4.00. The number of halogens is 3. The highest BCUT2D eigenvalue weighted by Crippen LogP contribution is 2.29. The summed E-state index contributed by atoms with van der Waals surface area (Å²) in [6, 6.07) is 2.89. The van der Waals surface area contributed by atoms with Gasteiger partial charge in [0.05, 0.1) is 18.9 Å². The average Bonchev–Trinajstić information content (AvgIpc) is 3.30. The number of alkyl halides is 3. The maximum absolute atomic E-state index is 12.5. The lowest BCUT2D eigenvalue weighted by Gasteiger charge is -2.16. The van der Waals surface area contributed by atoms with Crippen LogP contribution in [0.5, 0.6) is 5.88 Å². The van der Waals surface area contributed by atoms with Crippen LogP contribution in [0.25, 0.3) is 11.4 Å². The van der Waals surface area contributed by atoms with Crippen molar-refractivity contribution in [2.45, 2.75) is 18.7 Å². The Kier molecular flexibility index (Phi) is 5.86. The highest BCUT2D eigenvalue weighted by molar-refractivity contribution is 7.89. The molecule has 1 saturated heterocycles. The summed E-state index contributed by atoms with van der Waals surface area (Å²) < 4.78 is 77.8. The summed E-state index contributed by atoms with van der Waals surface area (Å²) >= 11 is 0. The Balaban J connectivity index is 1.60. The zero-order valence-corrected chi connectivity index (χ0v) is 15.5. The number of sulfonamides is 1. The fourth-order valence-electron chi connectivity index (χ4n) is 2.57. The monoisotopic (exact) mass is 422 g/mol. The van der Waals surface area contributed by atoms with E-state index in [0.717, 1.165) is 0 Å². The number of pyridine rings is 1. The van der Waals surface area contributed by atoms with Gasteiger partial charge in [-0.25, -0.2) is 13.4 Å². The van der Waals surface area contributed by atoms with Gasteiger partial charge in [-0.1, -0.05) is 5.16 Å². The first-order valence-electron chi connectivity index (χ1n) is 8.20. The number of hydrogen-bond donors (Lipinski definition) is 0. The molecule has 2 aromatic heterocycles. The number of rotatable bonds is 7. The largest absolute Gasteiger partial charge is 0.473 e. The van der Waals surface area contributed by atoms with Crippen molar-refractivity contribution in [1.29, 1.82) is 0 Å². The van der Waals surface area contributed by atoms with Gasteiger partial charge in [0.2, 0.25) is 21.7 Å². The van der Waals surface area contributed by atoms with Crippen LogP contribution in [0, 0.1) is 0 Å². The van der Waals surface area contributed by atoms with Crippen molar-refractivity contribution in [1.82, 2.24) is 19.4 Å². The van der Waals surface area contributed by atoms with E-state index in [4.69, 9.17) is 9.47 Å². The zero-order chi connectivity index (χ0) is 20.4. The van der Waals surface area contributed by atoms with E-state index in [9.17, 15) is 21.6 Å². The molecule has 3 rings (SSSR count). The molecule has 1 aliphatic heterocycles. The molecule has 154 valence electrons. The third-order valence-corrected chi connectivity index (χ3v) is 5.80. The van der Waals surface area contributed by atoms with Crippen LogP contribution in [0.2, 0.25) is 0 Å². The van der Waals surface area contributed by atoms with Crippen molar-refractivity contribution in [2.24, 2.45) is 0 Å². The summed E-state index contributed by atoms with van der Waals surface area (Å²) in [5.41, 5.74) is 0.224. The lowest BCUT2D eigenvalue weighted by Crippen LogP contribution is -2.34. The molecule has 0 unspecified atom stereocenters. The predicted octanol–water partition coefficient (Wildman–Crippen LogP) is 1.58. The summed E-state index contributed by atoms with van der Waals surface area (Å²) in [7, 11) is -1.98. The van der Waals surface area contributed by atoms with Gasteiger partial charge in [0.1, 0.15) is 6.10 Å². The van der Waals surface area contributed by atoms with Gasteiger partial charge in [-0.2, -0.15) is 22.5 Å². The number of hydrogen-bond acceptors (Lipinski definition) is 8. The molecule has 0 saturated carbocycles. The van der Waals surface area contributed by atoms with E-state index in [1.807, 2.05) is 0 Å². The topological polar surface area (TPSA) is 108 Å². The minimum Gasteiger partial charge on any atom is -0.473 e. The Bertz CT molecular complexity index is 901. The first-order valence-corrected chi connectivity index (χ1v) is 9.81. The molecule has 0 radical (unpaired) electrons. The van der Waals surface area contributed by atoms with Gasteiger partial charge >= 0.3 is 12.1 Å². The van der Waals surface area contributed by atoms with E-state index in [0.29, 0.717) is 13.0 Å². The summed E-state index contributed by atoms with van der Waals surface area (Å²) in [5.74, 6) is -1.58.